The lowest BCUT2D eigenvalue weighted by Gasteiger charge is -2.10. The first-order chi connectivity index (χ1) is 11.6. The van der Waals surface area contributed by atoms with Crippen LogP contribution in [0.25, 0.3) is 16.9 Å². The van der Waals surface area contributed by atoms with Crippen LogP contribution in [0.4, 0.5) is 5.82 Å². The maximum absolute atomic E-state index is 6.42. The molecule has 0 radical (unpaired) electrons. The number of anilines is 1. The average Bonchev–Trinajstić information content (AvgIpc) is 3.13. The lowest BCUT2D eigenvalue weighted by Crippen LogP contribution is -2.05. The average molecular weight is 379 g/mol. The molecule has 122 valence electrons. The summed E-state index contributed by atoms with van der Waals surface area (Å²) < 4.78 is 1.93. The molecule has 1 aliphatic heterocycles. The van der Waals surface area contributed by atoms with E-state index in [-0.39, 0.29) is 0 Å². The van der Waals surface area contributed by atoms with Crippen LogP contribution in [0.3, 0.4) is 0 Å². The minimum absolute atomic E-state index is 0.533. The van der Waals surface area contributed by atoms with Crippen LogP contribution in [0.5, 0.6) is 0 Å². The molecule has 6 heteroatoms. The van der Waals surface area contributed by atoms with E-state index in [1.807, 2.05) is 41.9 Å². The maximum atomic E-state index is 6.42. The van der Waals surface area contributed by atoms with Crippen molar-refractivity contribution in [2.24, 2.45) is 0 Å². The zero-order valence-electron chi connectivity index (χ0n) is 12.9. The highest BCUT2D eigenvalue weighted by molar-refractivity contribution is 6.43. The van der Waals surface area contributed by atoms with Crippen LogP contribution < -0.4 is 5.32 Å². The molecular weight excluding hydrogens is 365 g/mol. The standard InChI is InChI=1S/C18H14Cl3N3/c1-10-9-11(19)5-6-15(10)24-18-13(7-8-22-18)17(23-24)12-3-2-4-14(20)16(12)21/h2-6,9,22H,7-8H2,1H3. The summed E-state index contributed by atoms with van der Waals surface area (Å²) in [5.41, 5.74) is 4.94. The Bertz CT molecular complexity index is 947. The van der Waals surface area contributed by atoms with E-state index in [0.29, 0.717) is 15.1 Å². The van der Waals surface area contributed by atoms with Gasteiger partial charge in [0, 0.05) is 22.7 Å². The molecule has 0 atom stereocenters. The second-order valence-corrected chi connectivity index (χ2v) is 7.02. The van der Waals surface area contributed by atoms with Gasteiger partial charge in [-0.3, -0.25) is 0 Å². The van der Waals surface area contributed by atoms with Gasteiger partial charge in [-0.05, 0) is 43.2 Å². The van der Waals surface area contributed by atoms with E-state index < -0.39 is 0 Å². The summed E-state index contributed by atoms with van der Waals surface area (Å²) in [6.07, 6.45) is 0.903. The first-order valence-corrected chi connectivity index (χ1v) is 8.76. The Labute approximate surface area is 155 Å². The van der Waals surface area contributed by atoms with E-state index in [1.165, 1.54) is 0 Å². The molecule has 1 aromatic heterocycles. The van der Waals surface area contributed by atoms with Crippen LogP contribution in [-0.4, -0.2) is 16.3 Å². The highest BCUT2D eigenvalue weighted by Crippen LogP contribution is 2.40. The monoisotopic (exact) mass is 377 g/mol. The van der Waals surface area contributed by atoms with E-state index >= 15 is 0 Å². The predicted octanol–water partition coefficient (Wildman–Crippen LogP) is 5.78. The number of fused-ring (bicyclic) bond motifs is 1. The molecule has 3 aromatic rings. The summed E-state index contributed by atoms with van der Waals surface area (Å²) in [5, 5.41) is 10.0. The zero-order chi connectivity index (χ0) is 16.8. The molecule has 0 fully saturated rings. The summed E-state index contributed by atoms with van der Waals surface area (Å²) in [6, 6.07) is 11.4. The van der Waals surface area contributed by atoms with Crippen LogP contribution in [0.15, 0.2) is 36.4 Å². The Morgan fingerprint density at radius 2 is 1.96 bits per heavy atom. The fourth-order valence-corrected chi connectivity index (χ4v) is 3.73. The van der Waals surface area contributed by atoms with Crippen molar-refractivity contribution in [1.82, 2.24) is 9.78 Å². The Kier molecular flexibility index (Phi) is 3.95. The molecule has 0 bridgehead atoms. The highest BCUT2D eigenvalue weighted by atomic mass is 35.5. The van der Waals surface area contributed by atoms with Gasteiger partial charge >= 0.3 is 0 Å². The smallest absolute Gasteiger partial charge is 0.133 e. The third kappa shape index (κ3) is 2.48. The molecule has 0 aliphatic carbocycles. The number of halogens is 3. The number of hydrogen-bond acceptors (Lipinski definition) is 2. The van der Waals surface area contributed by atoms with Gasteiger partial charge < -0.3 is 5.32 Å². The molecule has 3 nitrogen and oxygen atoms in total. The molecule has 0 amide bonds. The van der Waals surface area contributed by atoms with Crippen molar-refractivity contribution in [1.29, 1.82) is 0 Å². The highest BCUT2D eigenvalue weighted by Gasteiger charge is 2.26. The van der Waals surface area contributed by atoms with Crippen molar-refractivity contribution in [3.05, 3.63) is 62.6 Å². The lowest BCUT2D eigenvalue weighted by atomic mass is 10.1. The second-order valence-electron chi connectivity index (χ2n) is 5.80. The molecule has 24 heavy (non-hydrogen) atoms. The van der Waals surface area contributed by atoms with Crippen LogP contribution >= 0.6 is 34.8 Å². The van der Waals surface area contributed by atoms with E-state index in [4.69, 9.17) is 39.9 Å². The van der Waals surface area contributed by atoms with Crippen molar-refractivity contribution in [2.75, 3.05) is 11.9 Å². The number of rotatable bonds is 2. The van der Waals surface area contributed by atoms with Gasteiger partial charge in [-0.25, -0.2) is 4.68 Å². The van der Waals surface area contributed by atoms with Crippen molar-refractivity contribution < 1.29 is 0 Å². The van der Waals surface area contributed by atoms with Crippen LogP contribution in [-0.2, 0) is 6.42 Å². The zero-order valence-corrected chi connectivity index (χ0v) is 15.2. The molecule has 2 aromatic carbocycles. The molecule has 2 heterocycles. The van der Waals surface area contributed by atoms with Crippen molar-refractivity contribution >= 4 is 40.6 Å². The summed E-state index contributed by atoms with van der Waals surface area (Å²) in [7, 11) is 0. The van der Waals surface area contributed by atoms with Gasteiger partial charge in [0.1, 0.15) is 5.82 Å². The van der Waals surface area contributed by atoms with Gasteiger partial charge in [0.05, 0.1) is 21.4 Å². The summed E-state index contributed by atoms with van der Waals surface area (Å²) in [5.74, 6) is 1.01. The fraction of sp³-hybridized carbons (Fsp3) is 0.167. The number of hydrogen-bond donors (Lipinski definition) is 1. The molecule has 4 rings (SSSR count). The van der Waals surface area contributed by atoms with Gasteiger partial charge in [0.25, 0.3) is 0 Å². The summed E-state index contributed by atoms with van der Waals surface area (Å²) in [4.78, 5) is 0. The first kappa shape index (κ1) is 15.8. The quantitative estimate of drug-likeness (QED) is 0.613. The number of benzene rings is 2. The van der Waals surface area contributed by atoms with Crippen molar-refractivity contribution in [3.8, 4) is 16.9 Å². The van der Waals surface area contributed by atoms with E-state index in [9.17, 15) is 0 Å². The Balaban J connectivity index is 1.94. The maximum Gasteiger partial charge on any atom is 0.133 e. The Hall–Kier alpha value is -1.68. The molecule has 0 saturated carbocycles. The molecule has 0 spiro atoms. The molecule has 0 saturated heterocycles. The normalized spacial score (nSPS) is 13.0. The van der Waals surface area contributed by atoms with E-state index in [0.717, 1.165) is 46.9 Å². The number of nitrogens with zero attached hydrogens (tertiary/aromatic N) is 2. The first-order valence-electron chi connectivity index (χ1n) is 7.63. The SMILES string of the molecule is Cc1cc(Cl)ccc1-n1nc(-c2cccc(Cl)c2Cl)c2c1NCC2. The van der Waals surface area contributed by atoms with Crippen LogP contribution in [0.2, 0.25) is 15.1 Å². The van der Waals surface area contributed by atoms with Gasteiger partial charge in [0.15, 0.2) is 0 Å². The minimum Gasteiger partial charge on any atom is -0.369 e. The number of aryl methyl sites for hydroxylation is 1. The number of nitrogens with one attached hydrogen (secondary N) is 1. The molecule has 0 unspecified atom stereocenters. The van der Waals surface area contributed by atoms with Gasteiger partial charge in [-0.15, -0.1) is 0 Å². The van der Waals surface area contributed by atoms with E-state index in [1.54, 1.807) is 6.07 Å². The fourth-order valence-electron chi connectivity index (χ4n) is 3.11. The van der Waals surface area contributed by atoms with Crippen molar-refractivity contribution in [3.63, 3.8) is 0 Å². The predicted molar refractivity (Wildman–Crippen MR) is 101 cm³/mol. The lowest BCUT2D eigenvalue weighted by molar-refractivity contribution is 0.875. The Morgan fingerprint density at radius 3 is 2.75 bits per heavy atom. The minimum atomic E-state index is 0.533. The Morgan fingerprint density at radius 1 is 1.12 bits per heavy atom. The van der Waals surface area contributed by atoms with Gasteiger partial charge in [0.2, 0.25) is 0 Å². The molecule has 1 aliphatic rings. The topological polar surface area (TPSA) is 29.9 Å². The third-order valence-electron chi connectivity index (χ3n) is 4.24. The molecular formula is C18H14Cl3N3. The van der Waals surface area contributed by atoms with Gasteiger partial charge in [-0.2, -0.15) is 5.10 Å². The largest absolute Gasteiger partial charge is 0.369 e. The summed E-state index contributed by atoms with van der Waals surface area (Å²) in [6.45, 7) is 2.90. The summed E-state index contributed by atoms with van der Waals surface area (Å²) >= 11 is 18.7. The van der Waals surface area contributed by atoms with Crippen LogP contribution in [0.1, 0.15) is 11.1 Å². The van der Waals surface area contributed by atoms with E-state index in [2.05, 4.69) is 5.32 Å². The third-order valence-corrected chi connectivity index (χ3v) is 5.30. The van der Waals surface area contributed by atoms with Crippen LogP contribution in [0, 0.1) is 6.92 Å². The van der Waals surface area contributed by atoms with Gasteiger partial charge in [-0.1, -0.05) is 46.9 Å². The second kappa shape index (κ2) is 5.99. The van der Waals surface area contributed by atoms with Crippen molar-refractivity contribution in [2.45, 2.75) is 13.3 Å². The number of aromatic nitrogens is 2. The molecule has 1 N–H and O–H groups in total.